The van der Waals surface area contributed by atoms with Crippen LogP contribution in [0.25, 0.3) is 0 Å². The summed E-state index contributed by atoms with van der Waals surface area (Å²) < 4.78 is 0. The van der Waals surface area contributed by atoms with Crippen molar-refractivity contribution in [2.45, 2.75) is 32.4 Å². The number of hydrogen-bond donors (Lipinski definition) is 2. The normalized spacial score (nSPS) is 24.3. The molecule has 0 saturated carbocycles. The Labute approximate surface area is 114 Å². The molecule has 0 bridgehead atoms. The molecule has 0 radical (unpaired) electrons. The van der Waals surface area contributed by atoms with Crippen LogP contribution in [-0.2, 0) is 0 Å². The third-order valence-electron chi connectivity index (χ3n) is 3.51. The molecule has 2 N–H and O–H groups in total. The Morgan fingerprint density at radius 3 is 2.94 bits per heavy atom. The summed E-state index contributed by atoms with van der Waals surface area (Å²) in [6.07, 6.45) is 0.792. The van der Waals surface area contributed by atoms with E-state index in [2.05, 4.69) is 30.1 Å². The molecule has 1 heterocycles. The molecule has 1 saturated heterocycles. The second kappa shape index (κ2) is 5.91. The highest BCUT2D eigenvalue weighted by Crippen LogP contribution is 2.28. The molecule has 2 unspecified atom stereocenters. The van der Waals surface area contributed by atoms with Crippen LogP contribution in [0.15, 0.2) is 18.2 Å². The molecule has 0 aliphatic carbocycles. The second-order valence-corrected chi connectivity index (χ2v) is 5.47. The largest absolute Gasteiger partial charge is 0.396 e. The fourth-order valence-corrected chi connectivity index (χ4v) is 2.81. The second-order valence-electron chi connectivity index (χ2n) is 5.07. The summed E-state index contributed by atoms with van der Waals surface area (Å²) in [4.78, 5) is 2.36. The lowest BCUT2D eigenvalue weighted by atomic mass is 10.1. The van der Waals surface area contributed by atoms with E-state index in [0.717, 1.165) is 30.1 Å². The van der Waals surface area contributed by atoms with Crippen LogP contribution in [0, 0.1) is 6.92 Å². The number of nitrogens with zero attached hydrogens (tertiary/aromatic N) is 1. The van der Waals surface area contributed by atoms with Crippen LogP contribution in [-0.4, -0.2) is 36.9 Å². The van der Waals surface area contributed by atoms with Gasteiger partial charge in [-0.1, -0.05) is 17.7 Å². The molecule has 100 valence electrons. The average molecular weight is 269 g/mol. The van der Waals surface area contributed by atoms with E-state index in [-0.39, 0.29) is 6.61 Å². The lowest BCUT2D eigenvalue weighted by molar-refractivity contribution is 0.250. The first-order valence-corrected chi connectivity index (χ1v) is 6.86. The van der Waals surface area contributed by atoms with Crippen molar-refractivity contribution in [2.24, 2.45) is 0 Å². The van der Waals surface area contributed by atoms with Gasteiger partial charge in [-0.2, -0.15) is 0 Å². The van der Waals surface area contributed by atoms with E-state index in [0.29, 0.717) is 12.1 Å². The fraction of sp³-hybridized carbons (Fsp3) is 0.571. The minimum Gasteiger partial charge on any atom is -0.396 e. The van der Waals surface area contributed by atoms with Gasteiger partial charge < -0.3 is 15.3 Å². The molecule has 1 aliphatic heterocycles. The molecule has 1 fully saturated rings. The van der Waals surface area contributed by atoms with Crippen molar-refractivity contribution < 1.29 is 5.11 Å². The van der Waals surface area contributed by atoms with Crippen molar-refractivity contribution in [1.29, 1.82) is 0 Å². The summed E-state index contributed by atoms with van der Waals surface area (Å²) in [5.41, 5.74) is 2.34. The number of hydrogen-bond acceptors (Lipinski definition) is 3. The summed E-state index contributed by atoms with van der Waals surface area (Å²) in [5, 5.41) is 13.4. The maximum atomic E-state index is 9.08. The van der Waals surface area contributed by atoms with Gasteiger partial charge in [0.25, 0.3) is 0 Å². The van der Waals surface area contributed by atoms with Gasteiger partial charge in [0.15, 0.2) is 0 Å². The zero-order chi connectivity index (χ0) is 13.1. The van der Waals surface area contributed by atoms with Crippen LogP contribution in [0.2, 0.25) is 5.02 Å². The minimum absolute atomic E-state index is 0.229. The standard InChI is InChI=1S/C14H21ClN2O/c1-10-8-17(9-12(16-10)6-7-18)14-5-3-4-13(15)11(14)2/h3-5,10,12,16,18H,6-9H2,1-2H3. The molecule has 2 atom stereocenters. The molecule has 0 aromatic heterocycles. The quantitative estimate of drug-likeness (QED) is 0.882. The van der Waals surface area contributed by atoms with Crippen molar-refractivity contribution in [3.63, 3.8) is 0 Å². The molecule has 18 heavy (non-hydrogen) atoms. The van der Waals surface area contributed by atoms with Gasteiger partial charge in [-0.25, -0.2) is 0 Å². The molecule has 0 amide bonds. The van der Waals surface area contributed by atoms with Crippen LogP contribution in [0.5, 0.6) is 0 Å². The van der Waals surface area contributed by atoms with E-state index in [1.54, 1.807) is 0 Å². The van der Waals surface area contributed by atoms with Gasteiger partial charge in [0.1, 0.15) is 0 Å². The predicted molar refractivity (Wildman–Crippen MR) is 76.5 cm³/mol. The third kappa shape index (κ3) is 2.97. The summed E-state index contributed by atoms with van der Waals surface area (Å²) >= 11 is 6.18. The fourth-order valence-electron chi connectivity index (χ4n) is 2.64. The van der Waals surface area contributed by atoms with Gasteiger partial charge >= 0.3 is 0 Å². The smallest absolute Gasteiger partial charge is 0.0455 e. The van der Waals surface area contributed by atoms with Gasteiger partial charge in [0.05, 0.1) is 0 Å². The number of benzene rings is 1. The number of aliphatic hydroxyl groups is 1. The number of halogens is 1. The zero-order valence-corrected chi connectivity index (χ0v) is 11.7. The van der Waals surface area contributed by atoms with Gasteiger partial charge in [0.2, 0.25) is 0 Å². The Hall–Kier alpha value is -0.770. The van der Waals surface area contributed by atoms with Crippen LogP contribution < -0.4 is 10.2 Å². The van der Waals surface area contributed by atoms with Crippen LogP contribution in [0.3, 0.4) is 0 Å². The lowest BCUT2D eigenvalue weighted by Crippen LogP contribution is -2.56. The molecule has 4 heteroatoms. The van der Waals surface area contributed by atoms with E-state index in [9.17, 15) is 0 Å². The third-order valence-corrected chi connectivity index (χ3v) is 3.92. The van der Waals surface area contributed by atoms with E-state index in [4.69, 9.17) is 16.7 Å². The Morgan fingerprint density at radius 2 is 2.22 bits per heavy atom. The van der Waals surface area contributed by atoms with Crippen molar-refractivity contribution >= 4 is 17.3 Å². The Kier molecular flexibility index (Phi) is 4.49. The molecule has 0 spiro atoms. The van der Waals surface area contributed by atoms with Gasteiger partial charge in [-0.3, -0.25) is 0 Å². The molecular formula is C14H21ClN2O. The summed E-state index contributed by atoms with van der Waals surface area (Å²) in [5.74, 6) is 0. The van der Waals surface area contributed by atoms with Crippen molar-refractivity contribution in [3.8, 4) is 0 Å². The first kappa shape index (κ1) is 13.7. The number of anilines is 1. The van der Waals surface area contributed by atoms with E-state index >= 15 is 0 Å². The molecule has 1 aliphatic rings. The van der Waals surface area contributed by atoms with Crippen molar-refractivity contribution in [1.82, 2.24) is 5.32 Å². The number of nitrogens with one attached hydrogen (secondary N) is 1. The summed E-state index contributed by atoms with van der Waals surface area (Å²) in [6.45, 7) is 6.36. The SMILES string of the molecule is Cc1c(Cl)cccc1N1CC(C)NC(CCO)C1. The van der Waals surface area contributed by atoms with Gasteiger partial charge in [-0.15, -0.1) is 0 Å². The van der Waals surface area contributed by atoms with Gasteiger partial charge in [0, 0.05) is 42.5 Å². The number of rotatable bonds is 3. The van der Waals surface area contributed by atoms with E-state index in [1.165, 1.54) is 5.69 Å². The van der Waals surface area contributed by atoms with Crippen LogP contribution in [0.1, 0.15) is 18.9 Å². The maximum Gasteiger partial charge on any atom is 0.0455 e. The summed E-state index contributed by atoms with van der Waals surface area (Å²) in [6, 6.07) is 6.82. The first-order valence-electron chi connectivity index (χ1n) is 6.48. The van der Waals surface area contributed by atoms with Crippen molar-refractivity contribution in [2.75, 3.05) is 24.6 Å². The Bertz CT molecular complexity index is 411. The van der Waals surface area contributed by atoms with Crippen molar-refractivity contribution in [3.05, 3.63) is 28.8 Å². The van der Waals surface area contributed by atoms with Crippen LogP contribution >= 0.6 is 11.6 Å². The average Bonchev–Trinajstić information content (AvgIpc) is 2.32. The lowest BCUT2D eigenvalue weighted by Gasteiger charge is -2.39. The topological polar surface area (TPSA) is 35.5 Å². The predicted octanol–water partition coefficient (Wildman–Crippen LogP) is 2.20. The highest BCUT2D eigenvalue weighted by atomic mass is 35.5. The van der Waals surface area contributed by atoms with E-state index in [1.807, 2.05) is 12.1 Å². The zero-order valence-electron chi connectivity index (χ0n) is 11.0. The summed E-state index contributed by atoms with van der Waals surface area (Å²) in [7, 11) is 0. The molecule has 3 nitrogen and oxygen atoms in total. The highest BCUT2D eigenvalue weighted by molar-refractivity contribution is 6.31. The molecule has 1 aromatic carbocycles. The monoisotopic (exact) mass is 268 g/mol. The Balaban J connectivity index is 2.18. The molecule has 2 rings (SSSR count). The van der Waals surface area contributed by atoms with Crippen LogP contribution in [0.4, 0.5) is 5.69 Å². The van der Waals surface area contributed by atoms with E-state index < -0.39 is 0 Å². The highest BCUT2D eigenvalue weighted by Gasteiger charge is 2.24. The minimum atomic E-state index is 0.229. The number of piperazine rings is 1. The van der Waals surface area contributed by atoms with Gasteiger partial charge in [-0.05, 0) is 38.0 Å². The molecule has 1 aromatic rings. The number of aliphatic hydroxyl groups excluding tert-OH is 1. The first-order chi connectivity index (χ1) is 8.61. The maximum absolute atomic E-state index is 9.08. The Morgan fingerprint density at radius 1 is 1.44 bits per heavy atom. The molecular weight excluding hydrogens is 248 g/mol.